The summed E-state index contributed by atoms with van der Waals surface area (Å²) in [7, 11) is 0. The van der Waals surface area contributed by atoms with Crippen LogP contribution in [-0.2, 0) is 6.61 Å². The molecular formula is C15H23NO2. The maximum atomic E-state index is 9.49. The maximum Gasteiger partial charge on any atom is 0.0681 e. The van der Waals surface area contributed by atoms with Crippen LogP contribution in [-0.4, -0.2) is 22.4 Å². The molecule has 1 unspecified atom stereocenters. The van der Waals surface area contributed by atoms with Crippen LogP contribution in [0.3, 0.4) is 0 Å². The summed E-state index contributed by atoms with van der Waals surface area (Å²) in [6.45, 7) is 2.25. The first kappa shape index (κ1) is 13.5. The average Bonchev–Trinajstić information content (AvgIpc) is 2.41. The van der Waals surface area contributed by atoms with E-state index >= 15 is 0 Å². The predicted molar refractivity (Wildman–Crippen MR) is 72.2 cm³/mol. The Labute approximate surface area is 109 Å². The van der Waals surface area contributed by atoms with Crippen molar-refractivity contribution in [3.63, 3.8) is 0 Å². The number of hydrogen-bond acceptors (Lipinski definition) is 3. The lowest BCUT2D eigenvalue weighted by Crippen LogP contribution is -2.36. The molecule has 0 saturated heterocycles. The largest absolute Gasteiger partial charge is 0.393 e. The van der Waals surface area contributed by atoms with Gasteiger partial charge in [0, 0.05) is 12.1 Å². The van der Waals surface area contributed by atoms with Crippen LogP contribution in [0.4, 0.5) is 0 Å². The molecule has 1 aliphatic rings. The Morgan fingerprint density at radius 2 is 2.00 bits per heavy atom. The highest BCUT2D eigenvalue weighted by Gasteiger charge is 2.20. The number of nitrogens with one attached hydrogen (secondary N) is 1. The van der Waals surface area contributed by atoms with E-state index in [0.717, 1.165) is 31.2 Å². The molecule has 1 saturated carbocycles. The monoisotopic (exact) mass is 249 g/mol. The van der Waals surface area contributed by atoms with Crippen molar-refractivity contribution >= 4 is 0 Å². The number of hydrogen-bond donors (Lipinski definition) is 3. The van der Waals surface area contributed by atoms with E-state index in [-0.39, 0.29) is 18.8 Å². The van der Waals surface area contributed by atoms with E-state index in [9.17, 15) is 5.11 Å². The zero-order valence-corrected chi connectivity index (χ0v) is 11.0. The first-order valence-electron chi connectivity index (χ1n) is 6.83. The second-order valence-electron chi connectivity index (χ2n) is 5.30. The molecule has 0 spiro atoms. The Morgan fingerprint density at radius 1 is 1.28 bits per heavy atom. The molecule has 3 nitrogen and oxygen atoms in total. The number of aliphatic hydroxyl groups excluding tert-OH is 2. The fraction of sp³-hybridized carbons (Fsp3) is 0.600. The number of rotatable bonds is 4. The van der Waals surface area contributed by atoms with Crippen LogP contribution in [0.25, 0.3) is 0 Å². The topological polar surface area (TPSA) is 52.5 Å². The summed E-state index contributed by atoms with van der Waals surface area (Å²) in [6.07, 6.45) is 3.80. The van der Waals surface area contributed by atoms with Crippen LogP contribution in [0.15, 0.2) is 24.3 Å². The highest BCUT2D eigenvalue weighted by Crippen LogP contribution is 2.22. The van der Waals surface area contributed by atoms with Crippen LogP contribution in [0.1, 0.15) is 49.8 Å². The highest BCUT2D eigenvalue weighted by molar-refractivity contribution is 5.25. The van der Waals surface area contributed by atoms with Crippen molar-refractivity contribution in [1.82, 2.24) is 5.32 Å². The van der Waals surface area contributed by atoms with Crippen LogP contribution in [0, 0.1) is 0 Å². The molecule has 0 heterocycles. The summed E-state index contributed by atoms with van der Waals surface area (Å²) < 4.78 is 0. The zero-order chi connectivity index (χ0) is 13.0. The quantitative estimate of drug-likeness (QED) is 0.766. The van der Waals surface area contributed by atoms with Crippen molar-refractivity contribution in [2.24, 2.45) is 0 Å². The van der Waals surface area contributed by atoms with Gasteiger partial charge in [-0.25, -0.2) is 0 Å². The van der Waals surface area contributed by atoms with Crippen molar-refractivity contribution in [3.05, 3.63) is 35.4 Å². The van der Waals surface area contributed by atoms with E-state index in [1.54, 1.807) is 0 Å². The fourth-order valence-corrected chi connectivity index (χ4v) is 2.65. The summed E-state index contributed by atoms with van der Waals surface area (Å²) >= 11 is 0. The van der Waals surface area contributed by atoms with Gasteiger partial charge in [0.2, 0.25) is 0 Å². The van der Waals surface area contributed by atoms with E-state index in [2.05, 4.69) is 24.4 Å². The van der Waals surface area contributed by atoms with Gasteiger partial charge >= 0.3 is 0 Å². The second-order valence-corrected chi connectivity index (χ2v) is 5.30. The minimum Gasteiger partial charge on any atom is -0.393 e. The van der Waals surface area contributed by atoms with Gasteiger partial charge in [-0.3, -0.25) is 0 Å². The maximum absolute atomic E-state index is 9.49. The second kappa shape index (κ2) is 6.32. The molecule has 0 aliphatic heterocycles. The van der Waals surface area contributed by atoms with Gasteiger partial charge in [-0.2, -0.15) is 0 Å². The summed E-state index contributed by atoms with van der Waals surface area (Å²) in [5, 5.41) is 22.3. The van der Waals surface area contributed by atoms with Gasteiger partial charge in [0.25, 0.3) is 0 Å². The lowest BCUT2D eigenvalue weighted by Gasteiger charge is -2.29. The lowest BCUT2D eigenvalue weighted by atomic mass is 9.92. The van der Waals surface area contributed by atoms with Crippen LogP contribution in [0.5, 0.6) is 0 Å². The Morgan fingerprint density at radius 3 is 2.67 bits per heavy atom. The first-order chi connectivity index (χ1) is 8.69. The smallest absolute Gasteiger partial charge is 0.0681 e. The fourth-order valence-electron chi connectivity index (χ4n) is 2.65. The van der Waals surface area contributed by atoms with E-state index in [1.807, 2.05) is 12.1 Å². The Hall–Kier alpha value is -0.900. The predicted octanol–water partition coefficient (Wildman–Crippen LogP) is 2.13. The minimum atomic E-state index is -0.101. The van der Waals surface area contributed by atoms with Crippen LogP contribution < -0.4 is 5.32 Å². The molecule has 18 heavy (non-hydrogen) atoms. The average molecular weight is 249 g/mol. The molecule has 2 rings (SSSR count). The lowest BCUT2D eigenvalue weighted by molar-refractivity contribution is 0.114. The van der Waals surface area contributed by atoms with Gasteiger partial charge in [-0.1, -0.05) is 24.3 Å². The highest BCUT2D eigenvalue weighted by atomic mass is 16.3. The van der Waals surface area contributed by atoms with Gasteiger partial charge in [-0.05, 0) is 43.7 Å². The third-order valence-electron chi connectivity index (χ3n) is 3.82. The third-order valence-corrected chi connectivity index (χ3v) is 3.82. The molecule has 0 bridgehead atoms. The molecule has 1 fully saturated rings. The summed E-state index contributed by atoms with van der Waals surface area (Å²) in [6, 6.07) is 8.86. The number of aliphatic hydroxyl groups is 2. The summed E-state index contributed by atoms with van der Waals surface area (Å²) in [5.41, 5.74) is 2.17. The summed E-state index contributed by atoms with van der Waals surface area (Å²) in [4.78, 5) is 0. The van der Waals surface area contributed by atoms with E-state index in [4.69, 9.17) is 5.11 Å². The van der Waals surface area contributed by atoms with Crippen LogP contribution >= 0.6 is 0 Å². The van der Waals surface area contributed by atoms with Gasteiger partial charge in [0.15, 0.2) is 0 Å². The molecule has 0 radical (unpaired) electrons. The van der Waals surface area contributed by atoms with E-state index in [0.29, 0.717) is 6.04 Å². The third kappa shape index (κ3) is 3.55. The molecule has 3 N–H and O–H groups in total. The molecule has 1 atom stereocenters. The standard InChI is InChI=1S/C15H23NO2/c1-11(13-4-2-3-12(9-13)10-17)16-14-5-7-15(18)8-6-14/h2-4,9,11,14-18H,5-8,10H2,1H3. The molecule has 3 heteroatoms. The van der Waals surface area contributed by atoms with E-state index in [1.165, 1.54) is 5.56 Å². The normalized spacial score (nSPS) is 25.9. The van der Waals surface area contributed by atoms with Crippen molar-refractivity contribution < 1.29 is 10.2 Å². The van der Waals surface area contributed by atoms with Crippen molar-refractivity contribution in [1.29, 1.82) is 0 Å². The molecular weight excluding hydrogens is 226 g/mol. The van der Waals surface area contributed by atoms with Crippen molar-refractivity contribution in [3.8, 4) is 0 Å². The Kier molecular flexibility index (Phi) is 4.75. The van der Waals surface area contributed by atoms with Crippen molar-refractivity contribution in [2.75, 3.05) is 0 Å². The minimum absolute atomic E-state index is 0.0934. The molecule has 0 amide bonds. The first-order valence-corrected chi connectivity index (χ1v) is 6.83. The van der Waals surface area contributed by atoms with Gasteiger partial charge in [0.05, 0.1) is 12.7 Å². The summed E-state index contributed by atoms with van der Waals surface area (Å²) in [5.74, 6) is 0. The van der Waals surface area contributed by atoms with Gasteiger partial charge in [0.1, 0.15) is 0 Å². The van der Waals surface area contributed by atoms with Gasteiger partial charge in [-0.15, -0.1) is 0 Å². The molecule has 1 aliphatic carbocycles. The van der Waals surface area contributed by atoms with E-state index < -0.39 is 0 Å². The SMILES string of the molecule is CC(NC1CCC(O)CC1)c1cccc(CO)c1. The zero-order valence-electron chi connectivity index (χ0n) is 11.0. The van der Waals surface area contributed by atoms with Crippen LogP contribution in [0.2, 0.25) is 0 Å². The molecule has 1 aromatic carbocycles. The Bertz CT molecular complexity index is 373. The molecule has 1 aromatic rings. The van der Waals surface area contributed by atoms with Crippen molar-refractivity contribution in [2.45, 2.75) is 57.4 Å². The molecule has 100 valence electrons. The Balaban J connectivity index is 1.92. The molecule has 0 aromatic heterocycles. The van der Waals surface area contributed by atoms with Gasteiger partial charge < -0.3 is 15.5 Å². The number of benzene rings is 1.